The molecule has 9 nitrogen and oxygen atoms in total. The number of nitrogens with zero attached hydrogens (tertiary/aromatic N) is 3. The van der Waals surface area contributed by atoms with Gasteiger partial charge in [-0.05, 0) is 93.5 Å². The van der Waals surface area contributed by atoms with Gasteiger partial charge in [-0.3, -0.25) is 4.79 Å². The fraction of sp³-hybridized carbons (Fsp3) is 0.394. The maximum Gasteiger partial charge on any atom is 0.247 e. The zero-order valence-electron chi connectivity index (χ0n) is 24.7. The molecule has 222 valence electrons. The first kappa shape index (κ1) is 29.3. The molecule has 0 bridgehead atoms. The molecule has 0 spiro atoms. The van der Waals surface area contributed by atoms with Crippen molar-refractivity contribution in [3.63, 3.8) is 0 Å². The highest BCUT2D eigenvalue weighted by Crippen LogP contribution is 2.37. The molecule has 1 amide bonds. The van der Waals surface area contributed by atoms with Crippen LogP contribution in [0.25, 0.3) is 0 Å². The molecular formula is C33H42N6O3. The normalized spacial score (nSPS) is 15.7. The van der Waals surface area contributed by atoms with Gasteiger partial charge in [0.05, 0.1) is 12.8 Å². The van der Waals surface area contributed by atoms with Crippen molar-refractivity contribution in [2.75, 3.05) is 60.3 Å². The Kier molecular flexibility index (Phi) is 9.48. The summed E-state index contributed by atoms with van der Waals surface area (Å²) in [6.45, 7) is 10.1. The number of nitrogens with two attached hydrogens (primary N) is 1. The molecule has 0 saturated carbocycles. The molecule has 5 rings (SSSR count). The lowest BCUT2D eigenvalue weighted by Gasteiger charge is -2.33. The molecule has 3 aromatic rings. The Morgan fingerprint density at radius 3 is 2.52 bits per heavy atom. The van der Waals surface area contributed by atoms with E-state index in [9.17, 15) is 4.79 Å². The molecule has 0 unspecified atom stereocenters. The summed E-state index contributed by atoms with van der Waals surface area (Å²) in [5.74, 6) is 2.82. The van der Waals surface area contributed by atoms with Crippen LogP contribution in [0.5, 0.6) is 17.4 Å². The summed E-state index contributed by atoms with van der Waals surface area (Å²) >= 11 is 0. The maximum absolute atomic E-state index is 12.0. The third-order valence-electron chi connectivity index (χ3n) is 8.16. The van der Waals surface area contributed by atoms with Crippen LogP contribution in [0.2, 0.25) is 0 Å². The van der Waals surface area contributed by atoms with Crippen LogP contribution in [0.4, 0.5) is 28.6 Å². The number of hydrogen-bond acceptors (Lipinski definition) is 8. The molecule has 42 heavy (non-hydrogen) atoms. The second-order valence-electron chi connectivity index (χ2n) is 11.0. The number of aromatic nitrogens is 1. The number of amides is 1. The van der Waals surface area contributed by atoms with Crippen LogP contribution in [0.15, 0.2) is 61.2 Å². The van der Waals surface area contributed by atoms with E-state index in [2.05, 4.69) is 45.2 Å². The largest absolute Gasteiger partial charge is 0.494 e. The Balaban J connectivity index is 1.40. The molecule has 3 heterocycles. The Bertz CT molecular complexity index is 1400. The molecule has 2 aliphatic rings. The van der Waals surface area contributed by atoms with E-state index in [-0.39, 0.29) is 5.91 Å². The van der Waals surface area contributed by atoms with Gasteiger partial charge in [0, 0.05) is 49.7 Å². The summed E-state index contributed by atoms with van der Waals surface area (Å²) in [5.41, 5.74) is 10.4. The van der Waals surface area contributed by atoms with Crippen molar-refractivity contribution in [2.45, 2.75) is 39.0 Å². The molecule has 0 radical (unpaired) electrons. The molecule has 9 heteroatoms. The third kappa shape index (κ3) is 6.97. The highest BCUT2D eigenvalue weighted by Gasteiger charge is 2.21. The monoisotopic (exact) mass is 570 g/mol. The first-order valence-corrected chi connectivity index (χ1v) is 14.9. The SMILES string of the molecule is C=CC(=O)Nc1cc(Oc2nc(Nc3ccc(N4CCC(CN)CC4)cc3OC)ccc2N2CCCCC2)ccc1C. The van der Waals surface area contributed by atoms with Crippen LogP contribution >= 0.6 is 0 Å². The minimum Gasteiger partial charge on any atom is -0.494 e. The predicted octanol–water partition coefficient (Wildman–Crippen LogP) is 6.22. The van der Waals surface area contributed by atoms with E-state index in [1.54, 1.807) is 7.11 Å². The third-order valence-corrected chi connectivity index (χ3v) is 8.16. The van der Waals surface area contributed by atoms with Crippen LogP contribution in [-0.4, -0.2) is 50.7 Å². The summed E-state index contributed by atoms with van der Waals surface area (Å²) in [4.78, 5) is 21.6. The second-order valence-corrected chi connectivity index (χ2v) is 11.0. The number of piperidine rings is 2. The molecule has 0 aliphatic carbocycles. The number of benzene rings is 2. The van der Waals surface area contributed by atoms with Crippen LogP contribution in [0.1, 0.15) is 37.7 Å². The zero-order valence-corrected chi connectivity index (χ0v) is 24.7. The fourth-order valence-corrected chi connectivity index (χ4v) is 5.59. The average Bonchev–Trinajstić information content (AvgIpc) is 3.03. The Morgan fingerprint density at radius 1 is 1.02 bits per heavy atom. The molecule has 2 aromatic carbocycles. The van der Waals surface area contributed by atoms with Gasteiger partial charge < -0.3 is 35.6 Å². The molecular weight excluding hydrogens is 528 g/mol. The summed E-state index contributed by atoms with van der Waals surface area (Å²) in [7, 11) is 1.69. The van der Waals surface area contributed by atoms with Gasteiger partial charge in [0.2, 0.25) is 11.8 Å². The number of ether oxygens (including phenoxy) is 2. The summed E-state index contributed by atoms with van der Waals surface area (Å²) in [6, 6.07) is 15.9. The van der Waals surface area contributed by atoms with Crippen molar-refractivity contribution in [1.29, 1.82) is 0 Å². The van der Waals surface area contributed by atoms with E-state index in [0.717, 1.165) is 86.8 Å². The maximum atomic E-state index is 12.0. The van der Waals surface area contributed by atoms with E-state index in [1.807, 2.05) is 37.3 Å². The average molecular weight is 571 g/mol. The van der Waals surface area contributed by atoms with Crippen LogP contribution < -0.4 is 35.6 Å². The van der Waals surface area contributed by atoms with Gasteiger partial charge in [-0.1, -0.05) is 12.6 Å². The fourth-order valence-electron chi connectivity index (χ4n) is 5.59. The lowest BCUT2D eigenvalue weighted by molar-refractivity contribution is -0.111. The minimum absolute atomic E-state index is 0.270. The van der Waals surface area contributed by atoms with E-state index >= 15 is 0 Å². The van der Waals surface area contributed by atoms with Gasteiger partial charge in [-0.2, -0.15) is 4.98 Å². The number of anilines is 5. The first-order chi connectivity index (χ1) is 20.5. The topological polar surface area (TPSA) is 105 Å². The van der Waals surface area contributed by atoms with Gasteiger partial charge in [0.25, 0.3) is 0 Å². The van der Waals surface area contributed by atoms with Crippen LogP contribution in [0.3, 0.4) is 0 Å². The molecule has 0 atom stereocenters. The number of nitrogens with one attached hydrogen (secondary N) is 2. The number of aryl methyl sites for hydroxylation is 1. The van der Waals surface area contributed by atoms with Gasteiger partial charge in [0.1, 0.15) is 23.0 Å². The second kappa shape index (κ2) is 13.6. The summed E-state index contributed by atoms with van der Waals surface area (Å²) in [5, 5.41) is 6.29. The van der Waals surface area contributed by atoms with E-state index in [0.29, 0.717) is 29.1 Å². The van der Waals surface area contributed by atoms with Crippen molar-refractivity contribution >= 4 is 34.5 Å². The molecule has 2 fully saturated rings. The smallest absolute Gasteiger partial charge is 0.247 e. The minimum atomic E-state index is -0.270. The van der Waals surface area contributed by atoms with E-state index < -0.39 is 0 Å². The predicted molar refractivity (Wildman–Crippen MR) is 171 cm³/mol. The van der Waals surface area contributed by atoms with Crippen molar-refractivity contribution in [2.24, 2.45) is 11.7 Å². The van der Waals surface area contributed by atoms with Gasteiger partial charge >= 0.3 is 0 Å². The highest BCUT2D eigenvalue weighted by molar-refractivity contribution is 5.99. The molecule has 4 N–H and O–H groups in total. The van der Waals surface area contributed by atoms with Gasteiger partial charge in [0.15, 0.2) is 0 Å². The van der Waals surface area contributed by atoms with E-state index in [4.69, 9.17) is 20.2 Å². The number of methoxy groups -OCH3 is 1. The number of pyridine rings is 1. The number of rotatable bonds is 10. The Morgan fingerprint density at radius 2 is 1.81 bits per heavy atom. The quantitative estimate of drug-likeness (QED) is 0.247. The molecule has 2 aliphatic heterocycles. The Hall–Kier alpha value is -4.24. The highest BCUT2D eigenvalue weighted by atomic mass is 16.5. The zero-order chi connectivity index (χ0) is 29.5. The molecule has 1 aromatic heterocycles. The lowest BCUT2D eigenvalue weighted by atomic mass is 9.97. The van der Waals surface area contributed by atoms with Crippen molar-refractivity contribution in [3.8, 4) is 17.4 Å². The van der Waals surface area contributed by atoms with Crippen molar-refractivity contribution < 1.29 is 14.3 Å². The number of carbonyl (C=O) groups is 1. The van der Waals surface area contributed by atoms with Crippen molar-refractivity contribution in [1.82, 2.24) is 4.98 Å². The lowest BCUT2D eigenvalue weighted by Crippen LogP contribution is -2.36. The summed E-state index contributed by atoms with van der Waals surface area (Å²) in [6.07, 6.45) is 6.97. The van der Waals surface area contributed by atoms with Crippen molar-refractivity contribution in [3.05, 3.63) is 66.7 Å². The van der Waals surface area contributed by atoms with Crippen LogP contribution in [0, 0.1) is 12.8 Å². The van der Waals surface area contributed by atoms with Gasteiger partial charge in [-0.25, -0.2) is 0 Å². The number of hydrogen-bond donors (Lipinski definition) is 3. The Labute approximate surface area is 248 Å². The molecule has 2 saturated heterocycles. The van der Waals surface area contributed by atoms with E-state index in [1.165, 1.54) is 12.5 Å². The van der Waals surface area contributed by atoms with Gasteiger partial charge in [-0.15, -0.1) is 0 Å². The first-order valence-electron chi connectivity index (χ1n) is 14.9. The van der Waals surface area contributed by atoms with Crippen LogP contribution in [-0.2, 0) is 4.79 Å². The summed E-state index contributed by atoms with van der Waals surface area (Å²) < 4.78 is 12.2. The standard InChI is InChI=1S/C33H42N6O3/c1-4-32(40)36-28-21-26(10-8-23(28)2)42-33-29(39-16-6-5-7-17-39)12-13-31(37-33)35-27-11-9-25(20-30(27)41-3)38-18-14-24(22-34)15-19-38/h4,8-13,20-21,24H,1,5-7,14-19,22,34H2,2-3H3,(H,35,37)(H,36,40). The number of carbonyl (C=O) groups excluding carboxylic acids is 1.